The van der Waals surface area contributed by atoms with E-state index in [1.54, 1.807) is 6.92 Å². The van der Waals surface area contributed by atoms with Crippen LogP contribution in [0.5, 0.6) is 0 Å². The molecule has 0 saturated carbocycles. The number of aryl methyl sites for hydroxylation is 1. The molecule has 4 N–H and O–H groups in total. The third-order valence-corrected chi connectivity index (χ3v) is 2.72. The maximum absolute atomic E-state index is 11.7. The van der Waals surface area contributed by atoms with E-state index in [4.69, 9.17) is 5.73 Å². The first-order valence-electron chi connectivity index (χ1n) is 6.32. The number of hydrogen-bond donors (Lipinski definition) is 3. The molecule has 18 heavy (non-hydrogen) atoms. The van der Waals surface area contributed by atoms with Crippen molar-refractivity contribution in [2.24, 2.45) is 5.73 Å². The second-order valence-electron chi connectivity index (χ2n) is 4.35. The van der Waals surface area contributed by atoms with E-state index in [2.05, 4.69) is 10.3 Å². The van der Waals surface area contributed by atoms with Crippen molar-refractivity contribution in [1.29, 1.82) is 0 Å². The summed E-state index contributed by atoms with van der Waals surface area (Å²) in [6.45, 7) is 3.09. The molecule has 1 aromatic rings. The number of pyridine rings is 1. The zero-order valence-electron chi connectivity index (χ0n) is 10.8. The Labute approximate surface area is 107 Å². The summed E-state index contributed by atoms with van der Waals surface area (Å²) in [5, 5.41) is 2.75. The fourth-order valence-corrected chi connectivity index (χ4v) is 1.67. The summed E-state index contributed by atoms with van der Waals surface area (Å²) in [5.74, 6) is -0.310. The Kier molecular flexibility index (Phi) is 6.14. The zero-order chi connectivity index (χ0) is 13.4. The lowest BCUT2D eigenvalue weighted by atomic mass is 10.2. The SMILES string of the molecule is Cc1cc(=O)c(C(=O)NCCCCCCN)c[nH]1. The van der Waals surface area contributed by atoms with Gasteiger partial charge in [0.25, 0.3) is 5.91 Å². The maximum atomic E-state index is 11.7. The third kappa shape index (κ3) is 4.71. The summed E-state index contributed by atoms with van der Waals surface area (Å²) >= 11 is 0. The molecule has 0 aliphatic carbocycles. The number of rotatable bonds is 7. The van der Waals surface area contributed by atoms with E-state index in [1.165, 1.54) is 12.3 Å². The predicted molar refractivity (Wildman–Crippen MR) is 71.7 cm³/mol. The molecule has 0 aliphatic rings. The Morgan fingerprint density at radius 1 is 1.33 bits per heavy atom. The van der Waals surface area contributed by atoms with Crippen LogP contribution in [0.1, 0.15) is 41.7 Å². The fraction of sp³-hybridized carbons (Fsp3) is 0.538. The molecule has 0 spiro atoms. The number of hydrogen-bond acceptors (Lipinski definition) is 3. The molecule has 5 heteroatoms. The highest BCUT2D eigenvalue weighted by Gasteiger charge is 2.08. The minimum absolute atomic E-state index is 0.169. The highest BCUT2D eigenvalue weighted by atomic mass is 16.2. The first kappa shape index (κ1) is 14.4. The molecule has 0 atom stereocenters. The lowest BCUT2D eigenvalue weighted by Gasteiger charge is -2.04. The van der Waals surface area contributed by atoms with Crippen molar-refractivity contribution in [3.05, 3.63) is 33.7 Å². The lowest BCUT2D eigenvalue weighted by molar-refractivity contribution is 0.0951. The minimum Gasteiger partial charge on any atom is -0.364 e. The number of aromatic nitrogens is 1. The van der Waals surface area contributed by atoms with Crippen LogP contribution in [0.3, 0.4) is 0 Å². The summed E-state index contributed by atoms with van der Waals surface area (Å²) in [4.78, 5) is 26.1. The quantitative estimate of drug-likeness (QED) is 0.630. The van der Waals surface area contributed by atoms with Crippen molar-refractivity contribution in [2.75, 3.05) is 13.1 Å². The van der Waals surface area contributed by atoms with E-state index in [0.29, 0.717) is 13.1 Å². The molecule has 1 amide bonds. The molecular weight excluding hydrogens is 230 g/mol. The Balaban J connectivity index is 2.34. The van der Waals surface area contributed by atoms with E-state index >= 15 is 0 Å². The average Bonchev–Trinajstić information content (AvgIpc) is 2.33. The number of H-pyrrole nitrogens is 1. The summed E-state index contributed by atoms with van der Waals surface area (Å²) in [7, 11) is 0. The second kappa shape index (κ2) is 7.66. The van der Waals surface area contributed by atoms with Gasteiger partial charge in [-0.15, -0.1) is 0 Å². The van der Waals surface area contributed by atoms with Gasteiger partial charge in [-0.1, -0.05) is 12.8 Å². The molecule has 1 heterocycles. The molecule has 0 saturated heterocycles. The number of amides is 1. The van der Waals surface area contributed by atoms with Gasteiger partial charge in [-0.2, -0.15) is 0 Å². The molecule has 5 nitrogen and oxygen atoms in total. The van der Waals surface area contributed by atoms with E-state index in [1.807, 2.05) is 0 Å². The lowest BCUT2D eigenvalue weighted by Crippen LogP contribution is -2.29. The normalized spacial score (nSPS) is 10.3. The zero-order valence-corrected chi connectivity index (χ0v) is 10.8. The van der Waals surface area contributed by atoms with Crippen molar-refractivity contribution < 1.29 is 4.79 Å². The van der Waals surface area contributed by atoms with Gasteiger partial charge in [0.05, 0.1) is 0 Å². The van der Waals surface area contributed by atoms with Crippen LogP contribution < -0.4 is 16.5 Å². The van der Waals surface area contributed by atoms with Gasteiger partial charge in [0.1, 0.15) is 5.56 Å². The molecule has 0 fully saturated rings. The topological polar surface area (TPSA) is 88.0 Å². The largest absolute Gasteiger partial charge is 0.364 e. The number of nitrogens with two attached hydrogens (primary N) is 1. The van der Waals surface area contributed by atoms with E-state index in [9.17, 15) is 9.59 Å². The summed E-state index contributed by atoms with van der Waals surface area (Å²) in [6, 6.07) is 1.43. The third-order valence-electron chi connectivity index (χ3n) is 2.72. The van der Waals surface area contributed by atoms with Crippen LogP contribution >= 0.6 is 0 Å². The van der Waals surface area contributed by atoms with E-state index < -0.39 is 0 Å². The Hall–Kier alpha value is -1.62. The van der Waals surface area contributed by atoms with Crippen molar-refractivity contribution in [3.63, 3.8) is 0 Å². The van der Waals surface area contributed by atoms with Crippen LogP contribution in [0.15, 0.2) is 17.1 Å². The van der Waals surface area contributed by atoms with Gasteiger partial charge in [-0.05, 0) is 26.3 Å². The van der Waals surface area contributed by atoms with Crippen molar-refractivity contribution >= 4 is 5.91 Å². The van der Waals surface area contributed by atoms with Gasteiger partial charge in [0, 0.05) is 24.5 Å². The Morgan fingerprint density at radius 2 is 2.06 bits per heavy atom. The van der Waals surface area contributed by atoms with Crippen LogP contribution in [0.4, 0.5) is 0 Å². The van der Waals surface area contributed by atoms with Gasteiger partial charge in [-0.3, -0.25) is 9.59 Å². The van der Waals surface area contributed by atoms with Crippen LogP contribution in [-0.4, -0.2) is 24.0 Å². The van der Waals surface area contributed by atoms with Gasteiger partial charge < -0.3 is 16.0 Å². The van der Waals surface area contributed by atoms with Crippen LogP contribution in [0.25, 0.3) is 0 Å². The van der Waals surface area contributed by atoms with Gasteiger partial charge in [-0.25, -0.2) is 0 Å². The molecular formula is C13H21N3O2. The fourth-order valence-electron chi connectivity index (χ4n) is 1.67. The van der Waals surface area contributed by atoms with Crippen molar-refractivity contribution in [3.8, 4) is 0 Å². The highest BCUT2D eigenvalue weighted by molar-refractivity contribution is 5.93. The molecule has 0 radical (unpaired) electrons. The minimum atomic E-state index is -0.310. The van der Waals surface area contributed by atoms with Crippen LogP contribution in [-0.2, 0) is 0 Å². The Morgan fingerprint density at radius 3 is 2.72 bits per heavy atom. The number of carbonyl (C=O) groups is 1. The monoisotopic (exact) mass is 251 g/mol. The van der Waals surface area contributed by atoms with E-state index in [0.717, 1.165) is 31.4 Å². The number of aromatic amines is 1. The first-order chi connectivity index (χ1) is 8.65. The molecule has 1 rings (SSSR count). The highest BCUT2D eigenvalue weighted by Crippen LogP contribution is 1.98. The van der Waals surface area contributed by atoms with Crippen LogP contribution in [0, 0.1) is 6.92 Å². The molecule has 0 bridgehead atoms. The van der Waals surface area contributed by atoms with Crippen LogP contribution in [0.2, 0.25) is 0 Å². The molecule has 0 aromatic carbocycles. The van der Waals surface area contributed by atoms with Gasteiger partial charge >= 0.3 is 0 Å². The summed E-state index contributed by atoms with van der Waals surface area (Å²) in [6.07, 6.45) is 5.52. The molecule has 0 unspecified atom stereocenters. The van der Waals surface area contributed by atoms with Gasteiger partial charge in [0.2, 0.25) is 0 Å². The predicted octanol–water partition coefficient (Wildman–Crippen LogP) is 0.932. The van der Waals surface area contributed by atoms with E-state index in [-0.39, 0.29) is 16.9 Å². The van der Waals surface area contributed by atoms with Crippen molar-refractivity contribution in [2.45, 2.75) is 32.6 Å². The molecule has 1 aromatic heterocycles. The Bertz CT molecular complexity index is 440. The molecule has 0 aliphatic heterocycles. The maximum Gasteiger partial charge on any atom is 0.256 e. The smallest absolute Gasteiger partial charge is 0.256 e. The standard InChI is InChI=1S/C13H21N3O2/c1-10-8-12(17)11(9-16-10)13(18)15-7-5-3-2-4-6-14/h8-9H,2-7,14H2,1H3,(H,15,18)(H,16,17). The number of nitrogens with one attached hydrogen (secondary N) is 2. The average molecular weight is 251 g/mol. The number of carbonyl (C=O) groups excluding carboxylic acids is 1. The van der Waals surface area contributed by atoms with Crippen molar-refractivity contribution in [1.82, 2.24) is 10.3 Å². The number of unbranched alkanes of at least 4 members (excludes halogenated alkanes) is 3. The van der Waals surface area contributed by atoms with Gasteiger partial charge in [0.15, 0.2) is 5.43 Å². The summed E-state index contributed by atoms with van der Waals surface area (Å²) in [5.41, 5.74) is 6.06. The summed E-state index contributed by atoms with van der Waals surface area (Å²) < 4.78 is 0. The molecule has 100 valence electrons. The second-order valence-corrected chi connectivity index (χ2v) is 4.35. The first-order valence-corrected chi connectivity index (χ1v) is 6.32.